The van der Waals surface area contributed by atoms with Gasteiger partial charge < -0.3 is 10.4 Å². The van der Waals surface area contributed by atoms with Crippen molar-refractivity contribution in [2.45, 2.75) is 6.92 Å². The highest BCUT2D eigenvalue weighted by molar-refractivity contribution is 9.10. The molecule has 6 heteroatoms. The van der Waals surface area contributed by atoms with Crippen molar-refractivity contribution in [3.8, 4) is 5.75 Å². The van der Waals surface area contributed by atoms with Gasteiger partial charge in [-0.1, -0.05) is 34.8 Å². The van der Waals surface area contributed by atoms with Crippen LogP contribution < -0.4 is 5.32 Å². The van der Waals surface area contributed by atoms with Crippen LogP contribution in [0.15, 0.2) is 34.8 Å². The number of halogens is 3. The van der Waals surface area contributed by atoms with Crippen LogP contribution in [-0.4, -0.2) is 11.0 Å². The van der Waals surface area contributed by atoms with Crippen LogP contribution in [0.3, 0.4) is 0 Å². The van der Waals surface area contributed by atoms with E-state index in [0.29, 0.717) is 15.7 Å². The summed E-state index contributed by atoms with van der Waals surface area (Å²) in [6, 6.07) is 8.34. The highest BCUT2D eigenvalue weighted by atomic mass is 79.9. The molecule has 0 fully saturated rings. The lowest BCUT2D eigenvalue weighted by molar-refractivity contribution is 0.102. The number of carbonyl (C=O) groups excluding carboxylic acids is 1. The lowest BCUT2D eigenvalue weighted by atomic mass is 10.1. The average Bonchev–Trinajstić information content (AvgIpc) is 2.38. The van der Waals surface area contributed by atoms with Gasteiger partial charge in [-0.05, 0) is 47.1 Å². The highest BCUT2D eigenvalue weighted by Gasteiger charge is 2.13. The Morgan fingerprint density at radius 1 is 1.20 bits per heavy atom. The molecule has 1 amide bonds. The van der Waals surface area contributed by atoms with Gasteiger partial charge in [-0.15, -0.1) is 0 Å². The highest BCUT2D eigenvalue weighted by Crippen LogP contribution is 2.34. The molecule has 0 saturated heterocycles. The number of amides is 1. The zero-order valence-corrected chi connectivity index (χ0v) is 13.5. The maximum Gasteiger partial charge on any atom is 0.256 e. The minimum absolute atomic E-state index is 0.0797. The van der Waals surface area contributed by atoms with Gasteiger partial charge in [-0.2, -0.15) is 0 Å². The van der Waals surface area contributed by atoms with Crippen LogP contribution in [0.5, 0.6) is 5.75 Å². The summed E-state index contributed by atoms with van der Waals surface area (Å²) in [4.78, 5) is 12.2. The molecule has 0 unspecified atom stereocenters. The molecule has 0 spiro atoms. The molecule has 0 aliphatic rings. The molecule has 2 rings (SSSR count). The topological polar surface area (TPSA) is 49.3 Å². The van der Waals surface area contributed by atoms with E-state index in [1.807, 2.05) is 13.0 Å². The largest absolute Gasteiger partial charge is 0.505 e. The monoisotopic (exact) mass is 373 g/mol. The number of aromatic hydroxyl groups is 1. The fraction of sp³-hybridized carbons (Fsp3) is 0.0714. The molecule has 2 aromatic carbocycles. The van der Waals surface area contributed by atoms with Gasteiger partial charge in [0.1, 0.15) is 0 Å². The predicted octanol–water partition coefficient (Wildman–Crippen LogP) is 5.02. The molecule has 104 valence electrons. The molecular weight excluding hydrogens is 365 g/mol. The van der Waals surface area contributed by atoms with E-state index in [9.17, 15) is 9.90 Å². The Kier molecular flexibility index (Phi) is 4.58. The summed E-state index contributed by atoms with van der Waals surface area (Å²) >= 11 is 15.0. The molecule has 20 heavy (non-hydrogen) atoms. The van der Waals surface area contributed by atoms with E-state index in [1.54, 1.807) is 12.1 Å². The number of hydrogen-bond donors (Lipinski definition) is 2. The quantitative estimate of drug-likeness (QED) is 0.725. The predicted molar refractivity (Wildman–Crippen MR) is 85.0 cm³/mol. The Morgan fingerprint density at radius 3 is 2.40 bits per heavy atom. The summed E-state index contributed by atoms with van der Waals surface area (Å²) in [6.07, 6.45) is 0. The summed E-state index contributed by atoms with van der Waals surface area (Å²) < 4.78 is 0.691. The SMILES string of the molecule is Cc1ccc(Br)c(C(=O)Nc2cc(Cl)c(O)c(Cl)c2)c1. The average molecular weight is 375 g/mol. The van der Waals surface area contributed by atoms with Gasteiger partial charge in [0.15, 0.2) is 5.75 Å². The first kappa shape index (κ1) is 15.2. The lowest BCUT2D eigenvalue weighted by Gasteiger charge is -2.09. The second-order valence-corrected chi connectivity index (χ2v) is 5.89. The summed E-state index contributed by atoms with van der Waals surface area (Å²) in [5, 5.41) is 12.3. The maximum absolute atomic E-state index is 12.2. The number of rotatable bonds is 2. The Labute approximate surface area is 134 Å². The second-order valence-electron chi connectivity index (χ2n) is 4.23. The van der Waals surface area contributed by atoms with Gasteiger partial charge in [0.25, 0.3) is 5.91 Å². The summed E-state index contributed by atoms with van der Waals surface area (Å²) in [6.45, 7) is 1.90. The van der Waals surface area contributed by atoms with E-state index in [4.69, 9.17) is 23.2 Å². The number of phenolic OH excluding ortho intramolecular Hbond substituents is 1. The molecule has 0 saturated carbocycles. The molecule has 0 atom stereocenters. The fourth-order valence-corrected chi connectivity index (χ4v) is 2.56. The Balaban J connectivity index is 2.30. The maximum atomic E-state index is 12.2. The van der Waals surface area contributed by atoms with E-state index in [0.717, 1.165) is 5.56 Å². The van der Waals surface area contributed by atoms with Gasteiger partial charge in [-0.3, -0.25) is 4.79 Å². The molecule has 0 aliphatic heterocycles. The number of hydrogen-bond acceptors (Lipinski definition) is 2. The first-order chi connectivity index (χ1) is 9.38. The number of aryl methyl sites for hydroxylation is 1. The minimum atomic E-state index is -0.293. The van der Waals surface area contributed by atoms with E-state index in [2.05, 4.69) is 21.2 Å². The van der Waals surface area contributed by atoms with Gasteiger partial charge in [0.2, 0.25) is 0 Å². The molecular formula is C14H10BrCl2NO2. The van der Waals surface area contributed by atoms with Crippen molar-refractivity contribution in [3.05, 3.63) is 56.0 Å². The van der Waals surface area contributed by atoms with Crippen LogP contribution in [0, 0.1) is 6.92 Å². The standard InChI is InChI=1S/C14H10BrCl2NO2/c1-7-2-3-10(15)9(4-7)14(20)18-8-5-11(16)13(19)12(17)6-8/h2-6,19H,1H3,(H,18,20). The van der Waals surface area contributed by atoms with E-state index < -0.39 is 0 Å². The van der Waals surface area contributed by atoms with Gasteiger partial charge in [0, 0.05) is 10.2 Å². The zero-order chi connectivity index (χ0) is 14.9. The number of benzene rings is 2. The van der Waals surface area contributed by atoms with Crippen LogP contribution in [0.1, 0.15) is 15.9 Å². The zero-order valence-electron chi connectivity index (χ0n) is 10.4. The fourth-order valence-electron chi connectivity index (χ4n) is 1.65. The van der Waals surface area contributed by atoms with Crippen molar-refractivity contribution in [2.75, 3.05) is 5.32 Å². The van der Waals surface area contributed by atoms with Crippen LogP contribution in [0.4, 0.5) is 5.69 Å². The summed E-state index contributed by atoms with van der Waals surface area (Å²) in [5.74, 6) is -0.499. The third kappa shape index (κ3) is 3.26. The number of anilines is 1. The van der Waals surface area contributed by atoms with Crippen LogP contribution in [0.2, 0.25) is 10.0 Å². The van der Waals surface area contributed by atoms with Crippen molar-refractivity contribution in [3.63, 3.8) is 0 Å². The first-order valence-corrected chi connectivity index (χ1v) is 7.19. The Hall–Kier alpha value is -1.23. The number of nitrogens with one attached hydrogen (secondary N) is 1. The van der Waals surface area contributed by atoms with Crippen LogP contribution in [0.25, 0.3) is 0 Å². The number of phenols is 1. The van der Waals surface area contributed by atoms with E-state index in [1.165, 1.54) is 12.1 Å². The molecule has 3 nitrogen and oxygen atoms in total. The molecule has 0 aliphatic carbocycles. The van der Waals surface area contributed by atoms with Crippen LogP contribution in [-0.2, 0) is 0 Å². The molecule has 0 aromatic heterocycles. The lowest BCUT2D eigenvalue weighted by Crippen LogP contribution is -2.12. The van der Waals surface area contributed by atoms with Crippen molar-refractivity contribution < 1.29 is 9.90 Å². The molecule has 2 aromatic rings. The van der Waals surface area contributed by atoms with Crippen LogP contribution >= 0.6 is 39.1 Å². The smallest absolute Gasteiger partial charge is 0.256 e. The van der Waals surface area contributed by atoms with E-state index in [-0.39, 0.29) is 21.7 Å². The van der Waals surface area contributed by atoms with Crippen molar-refractivity contribution in [1.82, 2.24) is 0 Å². The Morgan fingerprint density at radius 2 is 1.80 bits per heavy atom. The molecule has 0 heterocycles. The van der Waals surface area contributed by atoms with Crippen molar-refractivity contribution in [2.24, 2.45) is 0 Å². The second kappa shape index (κ2) is 6.04. The normalized spacial score (nSPS) is 10.4. The molecule has 0 bridgehead atoms. The Bertz CT molecular complexity index is 666. The molecule has 0 radical (unpaired) electrons. The van der Waals surface area contributed by atoms with Gasteiger partial charge in [0.05, 0.1) is 15.6 Å². The minimum Gasteiger partial charge on any atom is -0.505 e. The van der Waals surface area contributed by atoms with Gasteiger partial charge >= 0.3 is 0 Å². The van der Waals surface area contributed by atoms with Crippen molar-refractivity contribution in [1.29, 1.82) is 0 Å². The molecule has 2 N–H and O–H groups in total. The summed E-state index contributed by atoms with van der Waals surface area (Å²) in [5.41, 5.74) is 1.89. The van der Waals surface area contributed by atoms with Gasteiger partial charge in [-0.25, -0.2) is 0 Å². The van der Waals surface area contributed by atoms with E-state index >= 15 is 0 Å². The number of carbonyl (C=O) groups is 1. The van der Waals surface area contributed by atoms with Crippen molar-refractivity contribution >= 4 is 50.7 Å². The third-order valence-corrected chi connectivity index (χ3v) is 3.91. The summed E-state index contributed by atoms with van der Waals surface area (Å²) in [7, 11) is 0. The first-order valence-electron chi connectivity index (χ1n) is 5.64. The third-order valence-electron chi connectivity index (χ3n) is 2.64.